The van der Waals surface area contributed by atoms with E-state index in [1.807, 2.05) is 0 Å². The normalized spacial score (nSPS) is 10.7. The van der Waals surface area contributed by atoms with E-state index in [0.29, 0.717) is 16.7 Å². The van der Waals surface area contributed by atoms with Crippen molar-refractivity contribution in [3.63, 3.8) is 0 Å². The molecule has 0 aliphatic heterocycles. The van der Waals surface area contributed by atoms with E-state index < -0.39 is 17.4 Å². The molecule has 0 aliphatic carbocycles. The van der Waals surface area contributed by atoms with Gasteiger partial charge in [0.25, 0.3) is 0 Å². The van der Waals surface area contributed by atoms with Gasteiger partial charge in [-0.2, -0.15) is 5.10 Å². The summed E-state index contributed by atoms with van der Waals surface area (Å²) in [5, 5.41) is 4.21. The molecular weight excluding hydrogens is 308 g/mol. The van der Waals surface area contributed by atoms with E-state index in [1.165, 1.54) is 23.1 Å². The van der Waals surface area contributed by atoms with Crippen LogP contribution in [0.25, 0.3) is 0 Å². The fourth-order valence-corrected chi connectivity index (χ4v) is 1.74. The summed E-state index contributed by atoms with van der Waals surface area (Å²) in [7, 11) is 1.67. The first kappa shape index (κ1) is 12.9. The van der Waals surface area contributed by atoms with Crippen molar-refractivity contribution in [3.05, 3.63) is 41.5 Å². The Morgan fingerprint density at radius 2 is 2.00 bits per heavy atom. The van der Waals surface area contributed by atoms with Gasteiger partial charge < -0.3 is 4.74 Å². The Labute approximate surface area is 111 Å². The van der Waals surface area contributed by atoms with E-state index in [2.05, 4.69) is 26.0 Å². The Bertz CT molecular complexity index is 536. The summed E-state index contributed by atoms with van der Waals surface area (Å²) in [5.74, 6) is -1.38. The summed E-state index contributed by atoms with van der Waals surface area (Å²) in [6.45, 7) is -0.0437. The number of hydrogen-bond donors (Lipinski definition) is 0. The first-order valence-electron chi connectivity index (χ1n) is 5.11. The van der Waals surface area contributed by atoms with Gasteiger partial charge in [0.1, 0.15) is 12.9 Å². The molecule has 0 saturated heterocycles. The molecule has 0 fully saturated rings. The van der Waals surface area contributed by atoms with Crippen molar-refractivity contribution in [2.45, 2.75) is 11.9 Å². The summed E-state index contributed by atoms with van der Waals surface area (Å²) in [6.07, 6.45) is 1.35. The first-order valence-corrected chi connectivity index (χ1v) is 6.23. The van der Waals surface area contributed by atoms with Crippen LogP contribution in [-0.4, -0.2) is 14.8 Å². The molecule has 0 spiro atoms. The van der Waals surface area contributed by atoms with Gasteiger partial charge in [-0.05, 0) is 17.7 Å². The van der Waals surface area contributed by atoms with Crippen LogP contribution in [0.5, 0.6) is 5.75 Å². The van der Waals surface area contributed by atoms with Crippen molar-refractivity contribution in [2.75, 3.05) is 0 Å². The number of hydrogen-bond acceptors (Lipinski definition) is 3. The highest BCUT2D eigenvalue weighted by molar-refractivity contribution is 9.08. The molecule has 0 atom stereocenters. The zero-order valence-corrected chi connectivity index (χ0v) is 11.1. The minimum atomic E-state index is -0.730. The summed E-state index contributed by atoms with van der Waals surface area (Å²) < 4.78 is 33.8. The van der Waals surface area contributed by atoms with Crippen molar-refractivity contribution in [3.8, 4) is 5.75 Å². The van der Waals surface area contributed by atoms with Crippen LogP contribution in [-0.2, 0) is 19.0 Å². The van der Waals surface area contributed by atoms with Gasteiger partial charge in [0.15, 0.2) is 23.2 Å². The number of benzene rings is 1. The largest absolute Gasteiger partial charge is 0.479 e. The van der Waals surface area contributed by atoms with Gasteiger partial charge in [-0.15, -0.1) is 0 Å². The first-order chi connectivity index (χ1) is 8.61. The topological polar surface area (TPSA) is 39.9 Å². The quantitative estimate of drug-likeness (QED) is 0.814. The van der Waals surface area contributed by atoms with E-state index in [0.717, 1.165) is 0 Å². The number of nitrogens with zero attached hydrogens (tertiary/aromatic N) is 3. The number of alkyl halides is 1. The molecule has 0 bridgehead atoms. The predicted molar refractivity (Wildman–Crippen MR) is 64.3 cm³/mol. The lowest BCUT2D eigenvalue weighted by molar-refractivity contribution is 0.261. The van der Waals surface area contributed by atoms with Crippen LogP contribution in [0.3, 0.4) is 0 Å². The average molecular weight is 318 g/mol. The third-order valence-corrected chi connectivity index (χ3v) is 3.01. The highest BCUT2D eigenvalue weighted by Gasteiger charge is 2.13. The van der Waals surface area contributed by atoms with Crippen molar-refractivity contribution >= 4 is 15.9 Å². The van der Waals surface area contributed by atoms with Gasteiger partial charge in [-0.3, -0.25) is 4.68 Å². The molecule has 0 radical (unpaired) electrons. The molecule has 0 N–H and O–H groups in total. The zero-order chi connectivity index (χ0) is 13.1. The maximum Gasteiger partial charge on any atom is 0.191 e. The molecule has 7 heteroatoms. The zero-order valence-electron chi connectivity index (χ0n) is 9.53. The van der Waals surface area contributed by atoms with Crippen molar-refractivity contribution in [1.29, 1.82) is 0 Å². The van der Waals surface area contributed by atoms with Gasteiger partial charge >= 0.3 is 0 Å². The van der Waals surface area contributed by atoms with Gasteiger partial charge in [-0.25, -0.2) is 13.8 Å². The Morgan fingerprint density at radius 3 is 2.50 bits per heavy atom. The van der Waals surface area contributed by atoms with Crippen molar-refractivity contribution in [2.24, 2.45) is 7.05 Å². The third-order valence-electron chi connectivity index (χ3n) is 2.36. The molecule has 96 valence electrons. The van der Waals surface area contributed by atoms with Crippen molar-refractivity contribution in [1.82, 2.24) is 14.8 Å². The smallest absolute Gasteiger partial charge is 0.191 e. The molecule has 1 heterocycles. The van der Waals surface area contributed by atoms with Gasteiger partial charge in [0.2, 0.25) is 0 Å². The molecule has 2 aromatic rings. The van der Waals surface area contributed by atoms with Gasteiger partial charge in [0, 0.05) is 12.4 Å². The van der Waals surface area contributed by atoms with E-state index in [9.17, 15) is 8.78 Å². The summed E-state index contributed by atoms with van der Waals surface area (Å²) in [6, 6.07) is 2.45. The molecular formula is C11H10BrF2N3O. The van der Waals surface area contributed by atoms with E-state index in [-0.39, 0.29) is 6.61 Å². The lowest BCUT2D eigenvalue weighted by Crippen LogP contribution is -2.06. The Morgan fingerprint density at radius 1 is 1.33 bits per heavy atom. The molecule has 1 aromatic heterocycles. The Balaban J connectivity index is 2.17. The molecule has 0 saturated carbocycles. The maximum atomic E-state index is 13.6. The van der Waals surface area contributed by atoms with E-state index in [1.54, 1.807) is 7.05 Å². The summed E-state index contributed by atoms with van der Waals surface area (Å²) in [5.41, 5.74) is 0.510. The molecule has 0 amide bonds. The molecule has 1 aromatic carbocycles. The lowest BCUT2D eigenvalue weighted by atomic mass is 10.2. The second kappa shape index (κ2) is 5.43. The SMILES string of the molecule is Cn1ncnc1COc1c(F)cc(CBr)cc1F. The molecule has 4 nitrogen and oxygen atoms in total. The number of aryl methyl sites for hydroxylation is 1. The number of aromatic nitrogens is 3. The Kier molecular flexibility index (Phi) is 3.90. The number of halogens is 3. The van der Waals surface area contributed by atoms with Crippen LogP contribution in [0, 0.1) is 11.6 Å². The number of ether oxygens (including phenoxy) is 1. The predicted octanol–water partition coefficient (Wildman–Crippen LogP) is 2.57. The van der Waals surface area contributed by atoms with Crippen LogP contribution in [0.1, 0.15) is 11.4 Å². The fraction of sp³-hybridized carbons (Fsp3) is 0.273. The van der Waals surface area contributed by atoms with Crippen LogP contribution in [0.2, 0.25) is 0 Å². The fourth-order valence-electron chi connectivity index (χ4n) is 1.41. The Hall–Kier alpha value is -1.50. The third kappa shape index (κ3) is 2.66. The molecule has 0 aliphatic rings. The minimum Gasteiger partial charge on any atom is -0.479 e. The monoisotopic (exact) mass is 317 g/mol. The summed E-state index contributed by atoms with van der Waals surface area (Å²) >= 11 is 3.13. The second-order valence-corrected chi connectivity index (χ2v) is 4.17. The van der Waals surface area contributed by atoms with Crippen LogP contribution in [0.4, 0.5) is 8.78 Å². The maximum absolute atomic E-state index is 13.6. The van der Waals surface area contributed by atoms with E-state index in [4.69, 9.17) is 4.74 Å². The number of rotatable bonds is 4. The van der Waals surface area contributed by atoms with Crippen LogP contribution in [0.15, 0.2) is 18.5 Å². The van der Waals surface area contributed by atoms with Crippen LogP contribution >= 0.6 is 15.9 Å². The summed E-state index contributed by atoms with van der Waals surface area (Å²) in [4.78, 5) is 3.90. The second-order valence-electron chi connectivity index (χ2n) is 3.61. The van der Waals surface area contributed by atoms with E-state index >= 15 is 0 Å². The minimum absolute atomic E-state index is 0.0437. The highest BCUT2D eigenvalue weighted by atomic mass is 79.9. The molecule has 18 heavy (non-hydrogen) atoms. The molecule has 2 rings (SSSR count). The van der Waals surface area contributed by atoms with Gasteiger partial charge in [-0.1, -0.05) is 15.9 Å². The standard InChI is InChI=1S/C11H10BrF2N3O/c1-17-10(15-6-16-17)5-18-11-8(13)2-7(4-12)3-9(11)14/h2-3,6H,4-5H2,1H3. The lowest BCUT2D eigenvalue weighted by Gasteiger charge is -2.08. The molecule has 0 unspecified atom stereocenters. The van der Waals surface area contributed by atoms with Crippen molar-refractivity contribution < 1.29 is 13.5 Å². The van der Waals surface area contributed by atoms with Gasteiger partial charge in [0.05, 0.1) is 0 Å². The average Bonchev–Trinajstić information content (AvgIpc) is 2.73. The van der Waals surface area contributed by atoms with Crippen LogP contribution < -0.4 is 4.74 Å². The highest BCUT2D eigenvalue weighted by Crippen LogP contribution is 2.25.